The molecular weight excluding hydrogens is 408 g/mol. The van der Waals surface area contributed by atoms with Gasteiger partial charge in [0.05, 0.1) is 23.0 Å². The minimum atomic E-state index is -3.73. The van der Waals surface area contributed by atoms with E-state index in [-0.39, 0.29) is 4.90 Å². The zero-order valence-corrected chi connectivity index (χ0v) is 16.8. The number of anilines is 2. The van der Waals surface area contributed by atoms with Crippen LogP contribution in [0.3, 0.4) is 0 Å². The summed E-state index contributed by atoms with van der Waals surface area (Å²) in [5.41, 5.74) is 1.72. The van der Waals surface area contributed by atoms with Crippen molar-refractivity contribution in [2.75, 3.05) is 10.0 Å². The average molecular weight is 428 g/mol. The van der Waals surface area contributed by atoms with Crippen molar-refractivity contribution in [3.05, 3.63) is 66.2 Å². The Morgan fingerprint density at radius 2 is 1.47 bits per heavy atom. The lowest BCUT2D eigenvalue weighted by Gasteiger charge is -2.21. The predicted octanol–water partition coefficient (Wildman–Crippen LogP) is 2.39. The number of aliphatic carboxylic acids is 1. The van der Waals surface area contributed by atoms with E-state index >= 15 is 0 Å². The molecule has 3 N–H and O–H groups in total. The third-order valence-corrected chi connectivity index (χ3v) is 6.62. The van der Waals surface area contributed by atoms with Gasteiger partial charge in [-0.3, -0.25) is 14.3 Å². The van der Waals surface area contributed by atoms with Crippen LogP contribution in [-0.2, 0) is 24.3 Å². The lowest BCUT2D eigenvalue weighted by atomic mass is 9.82. The van der Waals surface area contributed by atoms with Gasteiger partial charge in [0.15, 0.2) is 0 Å². The first-order valence-electron chi connectivity index (χ1n) is 9.31. The lowest BCUT2D eigenvalue weighted by Crippen LogP contribution is -2.39. The van der Waals surface area contributed by atoms with Gasteiger partial charge >= 0.3 is 5.97 Å². The molecule has 2 aliphatic rings. The molecule has 0 aromatic heterocycles. The van der Waals surface area contributed by atoms with Gasteiger partial charge in [-0.05, 0) is 43.3 Å². The molecular formula is C21H20N2O6S. The zero-order chi connectivity index (χ0) is 21.5. The van der Waals surface area contributed by atoms with E-state index < -0.39 is 45.9 Å². The molecule has 4 rings (SSSR count). The topological polar surface area (TPSA) is 122 Å². The number of ether oxygens (including phenoxy) is 1. The van der Waals surface area contributed by atoms with E-state index in [1.807, 2.05) is 6.92 Å². The van der Waals surface area contributed by atoms with Gasteiger partial charge in [-0.15, -0.1) is 0 Å². The van der Waals surface area contributed by atoms with Gasteiger partial charge in [0.25, 0.3) is 10.0 Å². The number of carboxylic acids is 1. The number of carbonyl (C=O) groups is 2. The first-order valence-corrected chi connectivity index (χ1v) is 10.8. The molecule has 0 unspecified atom stereocenters. The van der Waals surface area contributed by atoms with Crippen LogP contribution in [0.5, 0.6) is 0 Å². The number of carboxylic acid groups (broad SMARTS) is 1. The molecule has 30 heavy (non-hydrogen) atoms. The van der Waals surface area contributed by atoms with Crippen LogP contribution >= 0.6 is 0 Å². The fourth-order valence-corrected chi connectivity index (χ4v) is 4.75. The number of aryl methyl sites for hydroxylation is 1. The van der Waals surface area contributed by atoms with Gasteiger partial charge in [0, 0.05) is 11.4 Å². The van der Waals surface area contributed by atoms with Crippen molar-refractivity contribution in [1.82, 2.24) is 0 Å². The molecule has 0 saturated carbocycles. The average Bonchev–Trinajstić information content (AvgIpc) is 3.31. The molecule has 8 nitrogen and oxygen atoms in total. The van der Waals surface area contributed by atoms with Crippen molar-refractivity contribution in [1.29, 1.82) is 0 Å². The van der Waals surface area contributed by atoms with Crippen molar-refractivity contribution in [2.45, 2.75) is 24.0 Å². The summed E-state index contributed by atoms with van der Waals surface area (Å²) < 4.78 is 32.9. The summed E-state index contributed by atoms with van der Waals surface area (Å²) in [5, 5.41) is 12.1. The van der Waals surface area contributed by atoms with E-state index in [0.717, 1.165) is 5.56 Å². The van der Waals surface area contributed by atoms with Crippen LogP contribution in [0.25, 0.3) is 0 Å². The second kappa shape index (κ2) is 7.58. The minimum Gasteiger partial charge on any atom is -0.481 e. The van der Waals surface area contributed by atoms with Crippen LogP contribution in [0.4, 0.5) is 11.4 Å². The quantitative estimate of drug-likeness (QED) is 0.608. The van der Waals surface area contributed by atoms with Crippen LogP contribution in [0.1, 0.15) is 5.56 Å². The summed E-state index contributed by atoms with van der Waals surface area (Å²) >= 11 is 0. The third-order valence-electron chi connectivity index (χ3n) is 5.22. The molecule has 1 amide bonds. The maximum atomic E-state index is 12.6. The molecule has 9 heteroatoms. The molecule has 0 radical (unpaired) electrons. The summed E-state index contributed by atoms with van der Waals surface area (Å²) in [5.74, 6) is -3.28. The maximum absolute atomic E-state index is 12.6. The van der Waals surface area contributed by atoms with E-state index in [2.05, 4.69) is 10.0 Å². The second-order valence-electron chi connectivity index (χ2n) is 7.33. The molecule has 4 atom stereocenters. The molecule has 1 saturated heterocycles. The van der Waals surface area contributed by atoms with E-state index in [4.69, 9.17) is 4.74 Å². The third kappa shape index (κ3) is 3.81. The molecule has 2 aliphatic heterocycles. The SMILES string of the molecule is Cc1ccc(S(=O)(=O)Nc2ccc(NC(=O)[C@H]3[C@@H](C(=O)O)[C@H]4C=C[C@H]3O4)cc2)cc1. The van der Waals surface area contributed by atoms with Crippen LogP contribution in [-0.4, -0.2) is 37.6 Å². The van der Waals surface area contributed by atoms with Gasteiger partial charge in [0.1, 0.15) is 5.92 Å². The Morgan fingerprint density at radius 1 is 0.900 bits per heavy atom. The lowest BCUT2D eigenvalue weighted by molar-refractivity contribution is -0.145. The highest BCUT2D eigenvalue weighted by molar-refractivity contribution is 7.92. The Bertz CT molecular complexity index is 1110. The molecule has 0 spiro atoms. The smallest absolute Gasteiger partial charge is 0.310 e. The fraction of sp³-hybridized carbons (Fsp3) is 0.238. The van der Waals surface area contributed by atoms with Crippen molar-refractivity contribution in [2.24, 2.45) is 11.8 Å². The Morgan fingerprint density at radius 3 is 2.07 bits per heavy atom. The van der Waals surface area contributed by atoms with E-state index in [1.54, 1.807) is 36.4 Å². The predicted molar refractivity (Wildman–Crippen MR) is 109 cm³/mol. The number of sulfonamides is 1. The molecule has 2 bridgehead atoms. The molecule has 0 aliphatic carbocycles. The highest BCUT2D eigenvalue weighted by Crippen LogP contribution is 2.39. The molecule has 2 aromatic rings. The summed E-state index contributed by atoms with van der Waals surface area (Å²) in [4.78, 5) is 24.3. The normalized spacial score (nSPS) is 24.6. The monoisotopic (exact) mass is 428 g/mol. The van der Waals surface area contributed by atoms with Gasteiger partial charge in [-0.1, -0.05) is 29.8 Å². The van der Waals surface area contributed by atoms with E-state index in [1.165, 1.54) is 24.3 Å². The van der Waals surface area contributed by atoms with Gasteiger partial charge in [-0.2, -0.15) is 0 Å². The molecule has 2 aromatic carbocycles. The number of carbonyl (C=O) groups excluding carboxylic acids is 1. The summed E-state index contributed by atoms with van der Waals surface area (Å²) in [7, 11) is -3.73. The van der Waals surface area contributed by atoms with Gasteiger partial charge in [-0.25, -0.2) is 8.42 Å². The van der Waals surface area contributed by atoms with Crippen LogP contribution < -0.4 is 10.0 Å². The van der Waals surface area contributed by atoms with Crippen LogP contribution in [0.15, 0.2) is 65.6 Å². The van der Waals surface area contributed by atoms with Crippen molar-refractivity contribution in [3.63, 3.8) is 0 Å². The zero-order valence-electron chi connectivity index (χ0n) is 16.0. The van der Waals surface area contributed by atoms with Crippen molar-refractivity contribution >= 4 is 33.3 Å². The van der Waals surface area contributed by atoms with Crippen molar-refractivity contribution < 1.29 is 27.9 Å². The number of fused-ring (bicyclic) bond motifs is 2. The highest BCUT2D eigenvalue weighted by Gasteiger charge is 2.53. The molecule has 1 fully saturated rings. The Kier molecular flexibility index (Phi) is 5.08. The largest absolute Gasteiger partial charge is 0.481 e. The Labute approximate surface area is 173 Å². The van der Waals surface area contributed by atoms with Crippen molar-refractivity contribution in [3.8, 4) is 0 Å². The minimum absolute atomic E-state index is 0.148. The number of rotatable bonds is 6. The van der Waals surface area contributed by atoms with E-state index in [9.17, 15) is 23.1 Å². The Hall–Kier alpha value is -3.17. The molecule has 2 heterocycles. The van der Waals surface area contributed by atoms with Crippen LogP contribution in [0, 0.1) is 18.8 Å². The fourth-order valence-electron chi connectivity index (χ4n) is 3.69. The number of hydrogen-bond donors (Lipinski definition) is 3. The van der Waals surface area contributed by atoms with Crippen LogP contribution in [0.2, 0.25) is 0 Å². The van der Waals surface area contributed by atoms with Gasteiger partial charge in [0.2, 0.25) is 5.91 Å². The summed E-state index contributed by atoms with van der Waals surface area (Å²) in [6.07, 6.45) is 2.22. The highest BCUT2D eigenvalue weighted by atomic mass is 32.2. The summed E-state index contributed by atoms with van der Waals surface area (Å²) in [6.45, 7) is 1.87. The number of hydrogen-bond acceptors (Lipinski definition) is 5. The van der Waals surface area contributed by atoms with E-state index in [0.29, 0.717) is 11.4 Å². The van der Waals surface area contributed by atoms with Gasteiger partial charge < -0.3 is 15.2 Å². The maximum Gasteiger partial charge on any atom is 0.310 e. The molecule has 156 valence electrons. The number of benzene rings is 2. The number of nitrogens with one attached hydrogen (secondary N) is 2. The summed E-state index contributed by atoms with van der Waals surface area (Å²) in [6, 6.07) is 12.6. The second-order valence-corrected chi connectivity index (χ2v) is 9.01. The number of amides is 1. The first kappa shape index (κ1) is 20.1. The first-order chi connectivity index (χ1) is 14.2. The standard InChI is InChI=1S/C21H20N2O6S/c1-12-2-8-15(9-3-12)30(27,28)23-14-6-4-13(5-7-14)22-20(24)18-16-10-11-17(29-16)19(18)21(25)26/h2-11,16-19,23H,1H3,(H,22,24)(H,25,26)/t16-,17-,18-,19+/m1/s1. The Balaban J connectivity index is 1.44.